The third-order valence-electron chi connectivity index (χ3n) is 2.28. The Morgan fingerprint density at radius 2 is 2.06 bits per heavy atom. The number of hydrogen-bond donors (Lipinski definition) is 1. The van der Waals surface area contributed by atoms with E-state index in [2.05, 4.69) is 10.1 Å². The minimum atomic E-state index is -0.130. The molecule has 0 radical (unpaired) electrons. The largest absolute Gasteiger partial charge is 0.325 e. The lowest BCUT2D eigenvalue weighted by molar-refractivity contribution is 0.631. The molecule has 0 saturated heterocycles. The van der Waals surface area contributed by atoms with Crippen molar-refractivity contribution in [3.05, 3.63) is 58.3 Å². The van der Waals surface area contributed by atoms with Crippen LogP contribution in [-0.2, 0) is 13.1 Å². The van der Waals surface area contributed by atoms with Gasteiger partial charge in [-0.25, -0.2) is 4.68 Å². The quantitative estimate of drug-likeness (QED) is 0.792. The van der Waals surface area contributed by atoms with Gasteiger partial charge in [0, 0.05) is 25.0 Å². The van der Waals surface area contributed by atoms with E-state index in [4.69, 9.17) is 5.73 Å². The summed E-state index contributed by atoms with van der Waals surface area (Å²) in [6.45, 7) is 0.762. The molecule has 2 aromatic heterocycles. The Labute approximate surface area is 92.6 Å². The molecule has 0 saturated carbocycles. The zero-order chi connectivity index (χ0) is 11.4. The Balaban J connectivity index is 2.34. The van der Waals surface area contributed by atoms with E-state index in [9.17, 15) is 4.79 Å². The first-order chi connectivity index (χ1) is 7.81. The first-order valence-corrected chi connectivity index (χ1v) is 4.96. The molecule has 0 aromatic carbocycles. The fraction of sp³-hybridized carbons (Fsp3) is 0.182. The molecule has 0 unspecified atom stereocenters. The predicted octanol–water partition coefficient (Wildman–Crippen LogP) is 0.145. The van der Waals surface area contributed by atoms with E-state index < -0.39 is 0 Å². The van der Waals surface area contributed by atoms with Crippen molar-refractivity contribution in [1.29, 1.82) is 0 Å². The summed E-state index contributed by atoms with van der Waals surface area (Å²) >= 11 is 0. The Morgan fingerprint density at radius 3 is 2.81 bits per heavy atom. The summed E-state index contributed by atoms with van der Waals surface area (Å²) in [5.41, 5.74) is 7.16. The average molecular weight is 216 g/mol. The standard InChI is InChI=1S/C11H12N4O/c12-7-10-9(3-1-5-13-10)8-15-11(16)4-2-6-14-15/h1-6H,7-8,12H2. The Bertz CT molecular complexity index is 535. The van der Waals surface area contributed by atoms with Gasteiger partial charge in [0.15, 0.2) is 0 Å². The van der Waals surface area contributed by atoms with Crippen LogP contribution in [0.3, 0.4) is 0 Å². The van der Waals surface area contributed by atoms with Crippen LogP contribution in [0, 0.1) is 0 Å². The third kappa shape index (κ3) is 2.14. The molecule has 0 aliphatic carbocycles. The first kappa shape index (κ1) is 10.5. The number of rotatable bonds is 3. The maximum Gasteiger partial charge on any atom is 0.267 e. The molecule has 0 bridgehead atoms. The van der Waals surface area contributed by atoms with Crippen LogP contribution in [0.25, 0.3) is 0 Å². The maximum absolute atomic E-state index is 11.5. The van der Waals surface area contributed by atoms with Crippen molar-refractivity contribution in [2.75, 3.05) is 0 Å². The highest BCUT2D eigenvalue weighted by Crippen LogP contribution is 2.04. The van der Waals surface area contributed by atoms with Crippen LogP contribution in [0.4, 0.5) is 0 Å². The molecule has 2 aromatic rings. The summed E-state index contributed by atoms with van der Waals surface area (Å²) in [4.78, 5) is 15.6. The molecule has 0 atom stereocenters. The number of hydrogen-bond acceptors (Lipinski definition) is 4. The fourth-order valence-corrected chi connectivity index (χ4v) is 1.47. The van der Waals surface area contributed by atoms with Gasteiger partial charge in [0.05, 0.1) is 12.2 Å². The first-order valence-electron chi connectivity index (χ1n) is 4.96. The molecular weight excluding hydrogens is 204 g/mol. The van der Waals surface area contributed by atoms with Crippen LogP contribution in [0.15, 0.2) is 41.5 Å². The summed E-state index contributed by atoms with van der Waals surface area (Å²) in [5.74, 6) is 0. The van der Waals surface area contributed by atoms with Gasteiger partial charge in [-0.3, -0.25) is 9.78 Å². The van der Waals surface area contributed by atoms with Gasteiger partial charge in [0.1, 0.15) is 0 Å². The van der Waals surface area contributed by atoms with E-state index >= 15 is 0 Å². The minimum absolute atomic E-state index is 0.130. The zero-order valence-electron chi connectivity index (χ0n) is 8.71. The lowest BCUT2D eigenvalue weighted by Gasteiger charge is -2.07. The van der Waals surface area contributed by atoms with Gasteiger partial charge < -0.3 is 5.73 Å². The molecule has 5 nitrogen and oxygen atoms in total. The van der Waals surface area contributed by atoms with Gasteiger partial charge in [0.2, 0.25) is 0 Å². The number of pyridine rings is 1. The molecule has 0 fully saturated rings. The molecule has 2 heterocycles. The average Bonchev–Trinajstić information content (AvgIpc) is 2.33. The van der Waals surface area contributed by atoms with Crippen LogP contribution in [0.2, 0.25) is 0 Å². The van der Waals surface area contributed by atoms with Gasteiger partial charge in [-0.15, -0.1) is 0 Å². The van der Waals surface area contributed by atoms with Crippen LogP contribution in [0.5, 0.6) is 0 Å². The highest BCUT2D eigenvalue weighted by Gasteiger charge is 2.03. The highest BCUT2D eigenvalue weighted by molar-refractivity contribution is 5.19. The van der Waals surface area contributed by atoms with E-state index in [1.54, 1.807) is 18.5 Å². The van der Waals surface area contributed by atoms with Crippen molar-refractivity contribution in [2.45, 2.75) is 13.1 Å². The second-order valence-electron chi connectivity index (χ2n) is 3.33. The Kier molecular flexibility index (Phi) is 3.07. The monoisotopic (exact) mass is 216 g/mol. The Morgan fingerprint density at radius 1 is 1.25 bits per heavy atom. The van der Waals surface area contributed by atoms with Crippen LogP contribution >= 0.6 is 0 Å². The van der Waals surface area contributed by atoms with Crippen molar-refractivity contribution in [2.24, 2.45) is 5.73 Å². The molecule has 2 N–H and O–H groups in total. The zero-order valence-corrected chi connectivity index (χ0v) is 8.71. The van der Waals surface area contributed by atoms with Crippen molar-refractivity contribution < 1.29 is 0 Å². The van der Waals surface area contributed by atoms with Gasteiger partial charge in [-0.2, -0.15) is 5.10 Å². The molecule has 0 amide bonds. The second-order valence-corrected chi connectivity index (χ2v) is 3.33. The maximum atomic E-state index is 11.5. The second kappa shape index (κ2) is 4.67. The predicted molar refractivity (Wildman–Crippen MR) is 59.7 cm³/mol. The van der Waals surface area contributed by atoms with E-state index in [0.717, 1.165) is 11.3 Å². The van der Waals surface area contributed by atoms with E-state index in [1.807, 2.05) is 12.1 Å². The summed E-state index contributed by atoms with van der Waals surface area (Å²) in [5, 5.41) is 3.98. The molecule has 2 rings (SSSR count). The van der Waals surface area contributed by atoms with Crippen molar-refractivity contribution >= 4 is 0 Å². The highest BCUT2D eigenvalue weighted by atomic mass is 16.1. The van der Waals surface area contributed by atoms with Gasteiger partial charge in [-0.1, -0.05) is 6.07 Å². The summed E-state index contributed by atoms with van der Waals surface area (Å²) < 4.78 is 1.39. The topological polar surface area (TPSA) is 73.8 Å². The van der Waals surface area contributed by atoms with Crippen molar-refractivity contribution in [1.82, 2.24) is 14.8 Å². The minimum Gasteiger partial charge on any atom is -0.325 e. The molecular formula is C11H12N4O. The van der Waals surface area contributed by atoms with E-state index in [1.165, 1.54) is 10.7 Å². The van der Waals surface area contributed by atoms with E-state index in [-0.39, 0.29) is 5.56 Å². The fourth-order valence-electron chi connectivity index (χ4n) is 1.47. The number of aromatic nitrogens is 3. The molecule has 16 heavy (non-hydrogen) atoms. The smallest absolute Gasteiger partial charge is 0.267 e. The summed E-state index contributed by atoms with van der Waals surface area (Å²) in [6, 6.07) is 6.82. The Hall–Kier alpha value is -2.01. The molecule has 0 spiro atoms. The lowest BCUT2D eigenvalue weighted by Crippen LogP contribution is -2.22. The number of nitrogens with two attached hydrogens (primary N) is 1. The SMILES string of the molecule is NCc1ncccc1Cn1ncccc1=O. The molecule has 5 heteroatoms. The van der Waals surface area contributed by atoms with Crippen LogP contribution in [0.1, 0.15) is 11.3 Å². The molecule has 0 aliphatic rings. The summed E-state index contributed by atoms with van der Waals surface area (Å²) in [7, 11) is 0. The summed E-state index contributed by atoms with van der Waals surface area (Å²) in [6.07, 6.45) is 3.27. The van der Waals surface area contributed by atoms with Gasteiger partial charge in [0.25, 0.3) is 5.56 Å². The van der Waals surface area contributed by atoms with Gasteiger partial charge in [-0.05, 0) is 17.7 Å². The van der Waals surface area contributed by atoms with Crippen LogP contribution < -0.4 is 11.3 Å². The molecule has 0 aliphatic heterocycles. The third-order valence-corrected chi connectivity index (χ3v) is 2.28. The van der Waals surface area contributed by atoms with Crippen LogP contribution in [-0.4, -0.2) is 14.8 Å². The molecule has 82 valence electrons. The lowest BCUT2D eigenvalue weighted by atomic mass is 10.2. The van der Waals surface area contributed by atoms with Crippen molar-refractivity contribution in [3.63, 3.8) is 0 Å². The normalized spacial score (nSPS) is 10.3. The van der Waals surface area contributed by atoms with E-state index in [0.29, 0.717) is 13.1 Å². The van der Waals surface area contributed by atoms with Gasteiger partial charge >= 0.3 is 0 Å². The number of nitrogens with zero attached hydrogens (tertiary/aromatic N) is 3. The van der Waals surface area contributed by atoms with Crippen molar-refractivity contribution in [3.8, 4) is 0 Å².